The second-order valence-corrected chi connectivity index (χ2v) is 14.4. The van der Waals surface area contributed by atoms with Crippen molar-refractivity contribution in [1.82, 2.24) is 0 Å². The van der Waals surface area contributed by atoms with Crippen LogP contribution in [0.2, 0.25) is 0 Å². The summed E-state index contributed by atoms with van der Waals surface area (Å²) in [5.74, 6) is -3.56. The molecular formula is C32H48O13S. The fraction of sp³-hybridized carbons (Fsp3) is 0.688. The minimum atomic E-state index is -4.06. The second kappa shape index (κ2) is 16.7. The molecule has 1 saturated heterocycles. The standard InChI is InChI=1S/C32H48O13S/c1-8-23(26(34)41-15-16-45-46(38,39)25-11-9-22(2)10-12-25)17-31(5,29(37)42-14-13-33)21-32(6,28(36)40-7)20-30(3,4)27(35)44-19-24-18-43-24/h9-12,23-24,33H,8,13-21H2,1-7H3. The summed E-state index contributed by atoms with van der Waals surface area (Å²) in [5.41, 5.74) is -3.19. The first-order chi connectivity index (χ1) is 21.4. The number of ether oxygens (including phenoxy) is 5. The Bertz CT molecular complexity index is 1300. The van der Waals surface area contributed by atoms with Crippen molar-refractivity contribution in [3.63, 3.8) is 0 Å². The molecule has 1 aromatic rings. The highest BCUT2D eigenvalue weighted by molar-refractivity contribution is 7.86. The molecule has 1 aromatic carbocycles. The molecule has 4 atom stereocenters. The number of hydrogen-bond acceptors (Lipinski definition) is 13. The number of esters is 4. The van der Waals surface area contributed by atoms with Crippen molar-refractivity contribution in [3.8, 4) is 0 Å². The Morgan fingerprint density at radius 1 is 0.913 bits per heavy atom. The lowest BCUT2D eigenvalue weighted by Gasteiger charge is -2.40. The lowest BCUT2D eigenvalue weighted by Crippen LogP contribution is -2.45. The fourth-order valence-electron chi connectivity index (χ4n) is 5.55. The van der Waals surface area contributed by atoms with E-state index in [1.165, 1.54) is 26.2 Å². The summed E-state index contributed by atoms with van der Waals surface area (Å²) in [4.78, 5) is 52.8. The minimum absolute atomic E-state index is 0.0324. The summed E-state index contributed by atoms with van der Waals surface area (Å²) >= 11 is 0. The Morgan fingerprint density at radius 3 is 2.09 bits per heavy atom. The van der Waals surface area contributed by atoms with Crippen molar-refractivity contribution in [2.45, 2.75) is 78.2 Å². The van der Waals surface area contributed by atoms with Crippen molar-refractivity contribution in [1.29, 1.82) is 0 Å². The van der Waals surface area contributed by atoms with E-state index in [4.69, 9.17) is 27.9 Å². The number of hydrogen-bond donors (Lipinski definition) is 1. The highest BCUT2D eigenvalue weighted by atomic mass is 32.2. The van der Waals surface area contributed by atoms with Gasteiger partial charge in [0.1, 0.15) is 32.5 Å². The van der Waals surface area contributed by atoms with E-state index in [2.05, 4.69) is 0 Å². The first-order valence-corrected chi connectivity index (χ1v) is 16.6. The van der Waals surface area contributed by atoms with Gasteiger partial charge in [-0.2, -0.15) is 8.42 Å². The van der Waals surface area contributed by atoms with Crippen LogP contribution in [0.4, 0.5) is 0 Å². The zero-order valence-corrected chi connectivity index (χ0v) is 28.6. The van der Waals surface area contributed by atoms with Gasteiger partial charge in [0.15, 0.2) is 0 Å². The molecule has 0 spiro atoms. The Balaban J connectivity index is 2.20. The van der Waals surface area contributed by atoms with Crippen LogP contribution in [0.15, 0.2) is 29.2 Å². The average molecular weight is 673 g/mol. The quantitative estimate of drug-likeness (QED) is 0.0702. The predicted molar refractivity (Wildman–Crippen MR) is 164 cm³/mol. The molecule has 13 nitrogen and oxygen atoms in total. The molecule has 14 heteroatoms. The van der Waals surface area contributed by atoms with Gasteiger partial charge in [-0.05, 0) is 72.4 Å². The van der Waals surface area contributed by atoms with Crippen LogP contribution in [0, 0.1) is 29.1 Å². The molecule has 46 heavy (non-hydrogen) atoms. The van der Waals surface area contributed by atoms with E-state index < -0.39 is 69.4 Å². The summed E-state index contributed by atoms with van der Waals surface area (Å²) in [6, 6.07) is 6.09. The zero-order valence-electron chi connectivity index (χ0n) is 27.8. The van der Waals surface area contributed by atoms with Crippen molar-refractivity contribution in [2.75, 3.05) is 46.8 Å². The SMILES string of the molecule is CCC(CC(C)(CC(C)(CC(C)(C)C(=O)OCC1CO1)C(=O)OC)C(=O)OCCO)C(=O)OCCOS(=O)(=O)c1ccc(C)cc1. The summed E-state index contributed by atoms with van der Waals surface area (Å²) in [7, 11) is -2.86. The number of carbonyl (C=O) groups excluding carboxylic acids is 4. The van der Waals surface area contributed by atoms with Crippen LogP contribution in [0.5, 0.6) is 0 Å². The molecular weight excluding hydrogens is 624 g/mol. The molecule has 1 N–H and O–H groups in total. The Labute approximate surface area is 271 Å². The number of aliphatic hydroxyl groups excluding tert-OH is 1. The van der Waals surface area contributed by atoms with Crippen molar-refractivity contribution in [3.05, 3.63) is 29.8 Å². The molecule has 2 rings (SSSR count). The van der Waals surface area contributed by atoms with Crippen molar-refractivity contribution >= 4 is 34.0 Å². The molecule has 1 aliphatic heterocycles. The van der Waals surface area contributed by atoms with Crippen LogP contribution >= 0.6 is 0 Å². The number of rotatable bonds is 20. The lowest BCUT2D eigenvalue weighted by molar-refractivity contribution is -0.169. The van der Waals surface area contributed by atoms with E-state index in [1.807, 2.05) is 6.92 Å². The Hall–Kier alpha value is -3.07. The normalized spacial score (nSPS) is 18.0. The summed E-state index contributed by atoms with van der Waals surface area (Å²) in [6.07, 6.45) is -0.271. The molecule has 0 saturated carbocycles. The molecule has 0 amide bonds. The van der Waals surface area contributed by atoms with Gasteiger partial charge in [0.25, 0.3) is 10.1 Å². The maximum absolute atomic E-state index is 13.5. The largest absolute Gasteiger partial charge is 0.469 e. The number of carbonyl (C=O) groups is 4. The van der Waals surface area contributed by atoms with Gasteiger partial charge in [0.05, 0.1) is 47.4 Å². The summed E-state index contributed by atoms with van der Waals surface area (Å²) in [5, 5.41) is 9.29. The molecule has 0 bridgehead atoms. The van der Waals surface area contributed by atoms with Gasteiger partial charge in [-0.1, -0.05) is 24.6 Å². The number of benzene rings is 1. The minimum Gasteiger partial charge on any atom is -0.469 e. The van der Waals surface area contributed by atoms with Crippen LogP contribution in [0.3, 0.4) is 0 Å². The van der Waals surface area contributed by atoms with Gasteiger partial charge in [-0.25, -0.2) is 0 Å². The molecule has 0 aliphatic carbocycles. The van der Waals surface area contributed by atoms with E-state index in [-0.39, 0.29) is 56.5 Å². The first kappa shape index (κ1) is 39.1. The van der Waals surface area contributed by atoms with Gasteiger partial charge < -0.3 is 28.8 Å². The molecule has 0 aromatic heterocycles. The highest BCUT2D eigenvalue weighted by Crippen LogP contribution is 2.47. The Kier molecular flexibility index (Phi) is 14.2. The fourth-order valence-corrected chi connectivity index (χ4v) is 6.44. The molecule has 1 heterocycles. The van der Waals surface area contributed by atoms with Crippen LogP contribution in [-0.4, -0.2) is 90.3 Å². The van der Waals surface area contributed by atoms with E-state index >= 15 is 0 Å². The molecule has 260 valence electrons. The van der Waals surface area contributed by atoms with E-state index in [9.17, 15) is 32.7 Å². The van der Waals surface area contributed by atoms with Crippen LogP contribution in [0.25, 0.3) is 0 Å². The van der Waals surface area contributed by atoms with Crippen molar-refractivity contribution < 1.29 is 60.6 Å². The number of epoxide rings is 1. The summed E-state index contributed by atoms with van der Waals surface area (Å²) < 4.78 is 56.1. The number of methoxy groups -OCH3 is 1. The third-order valence-electron chi connectivity index (χ3n) is 7.86. The lowest BCUT2D eigenvalue weighted by atomic mass is 9.63. The topological polar surface area (TPSA) is 181 Å². The Morgan fingerprint density at radius 2 is 1.54 bits per heavy atom. The molecule has 1 fully saturated rings. The van der Waals surface area contributed by atoms with Crippen LogP contribution in [-0.2, 0) is 57.2 Å². The van der Waals surface area contributed by atoms with E-state index in [0.29, 0.717) is 6.61 Å². The van der Waals surface area contributed by atoms with E-state index in [1.54, 1.807) is 39.8 Å². The first-order valence-electron chi connectivity index (χ1n) is 15.2. The number of aryl methyl sites for hydroxylation is 1. The van der Waals surface area contributed by atoms with Crippen molar-refractivity contribution in [2.24, 2.45) is 22.2 Å². The van der Waals surface area contributed by atoms with Crippen LogP contribution < -0.4 is 0 Å². The van der Waals surface area contributed by atoms with Crippen LogP contribution in [0.1, 0.15) is 65.9 Å². The number of aliphatic hydroxyl groups is 1. The monoisotopic (exact) mass is 672 g/mol. The highest BCUT2D eigenvalue weighted by Gasteiger charge is 2.51. The average Bonchev–Trinajstić information content (AvgIpc) is 3.83. The van der Waals surface area contributed by atoms with E-state index in [0.717, 1.165) is 5.56 Å². The summed E-state index contributed by atoms with van der Waals surface area (Å²) in [6.45, 7) is 8.94. The molecule has 0 radical (unpaired) electrons. The third-order valence-corrected chi connectivity index (χ3v) is 9.19. The van der Waals surface area contributed by atoms with Gasteiger partial charge in [-0.3, -0.25) is 23.4 Å². The molecule has 4 unspecified atom stereocenters. The smallest absolute Gasteiger partial charge is 0.311 e. The predicted octanol–water partition coefficient (Wildman–Crippen LogP) is 3.13. The second-order valence-electron chi connectivity index (χ2n) is 12.8. The van der Waals surface area contributed by atoms with Gasteiger partial charge >= 0.3 is 23.9 Å². The van der Waals surface area contributed by atoms with Gasteiger partial charge in [-0.15, -0.1) is 0 Å². The molecule has 1 aliphatic rings. The zero-order chi connectivity index (χ0) is 34.8. The maximum atomic E-state index is 13.5. The van der Waals surface area contributed by atoms with Gasteiger partial charge in [0.2, 0.25) is 0 Å². The van der Waals surface area contributed by atoms with Gasteiger partial charge in [0, 0.05) is 0 Å². The third kappa shape index (κ3) is 11.3. The maximum Gasteiger partial charge on any atom is 0.311 e.